The summed E-state index contributed by atoms with van der Waals surface area (Å²) >= 11 is 0.151. The summed E-state index contributed by atoms with van der Waals surface area (Å²) in [6.07, 6.45) is 6.61. The fraction of sp³-hybridized carbons (Fsp3) is 0.750. The molecule has 2 atom stereocenters. The highest BCUT2D eigenvalue weighted by atomic mass is 127. The Bertz CT molecular complexity index is 275. The van der Waals surface area contributed by atoms with Crippen LogP contribution in [0.1, 0.15) is 40.0 Å². The van der Waals surface area contributed by atoms with Crippen LogP contribution in [0.5, 0.6) is 0 Å². The second-order valence-electron chi connectivity index (χ2n) is 5.06. The van der Waals surface area contributed by atoms with Gasteiger partial charge in [-0.25, -0.2) is 0 Å². The second-order valence-corrected chi connectivity index (χ2v) is 7.97. The molecule has 13 heavy (non-hydrogen) atoms. The summed E-state index contributed by atoms with van der Waals surface area (Å²) < 4.78 is 4.94. The lowest BCUT2D eigenvalue weighted by Crippen LogP contribution is -2.30. The zero-order valence-electron chi connectivity index (χ0n) is 8.86. The van der Waals surface area contributed by atoms with Crippen molar-refractivity contribution in [3.63, 3.8) is 0 Å². The van der Waals surface area contributed by atoms with Crippen molar-refractivity contribution in [1.82, 2.24) is 0 Å². The van der Waals surface area contributed by atoms with Crippen LogP contribution in [0, 0.1) is 11.3 Å². The van der Waals surface area contributed by atoms with Gasteiger partial charge in [-0.1, -0.05) is 36.9 Å². The van der Waals surface area contributed by atoms with Gasteiger partial charge in [0, 0.05) is 3.42 Å². The van der Waals surface area contributed by atoms with E-state index >= 15 is 0 Å². The van der Waals surface area contributed by atoms with Gasteiger partial charge in [0.05, 0.1) is 0 Å². The molecule has 1 fully saturated rings. The summed E-state index contributed by atoms with van der Waals surface area (Å²) in [6.45, 7) is 7.31. The molecular formula is C12H19I. The number of rotatable bonds is 1. The summed E-state index contributed by atoms with van der Waals surface area (Å²) in [5, 5.41) is 0. The number of allylic oxidation sites excluding steroid dienone is 2. The normalized spacial score (nSPS) is 41.8. The molecule has 0 aliphatic heterocycles. The van der Waals surface area contributed by atoms with E-state index in [0.29, 0.717) is 8.84 Å². The smallest absolute Gasteiger partial charge is 0.0243 e. The molecular weight excluding hydrogens is 271 g/mol. The first kappa shape index (κ1) is 9.88. The van der Waals surface area contributed by atoms with E-state index in [0.717, 1.165) is 5.92 Å². The van der Waals surface area contributed by atoms with Gasteiger partial charge < -0.3 is 0 Å². The lowest BCUT2D eigenvalue weighted by molar-refractivity contribution is 0.297. The summed E-state index contributed by atoms with van der Waals surface area (Å²) in [4.78, 5) is 0. The minimum atomic E-state index is 0.151. The Labute approximate surface area is 91.5 Å². The van der Waals surface area contributed by atoms with Gasteiger partial charge >= 0.3 is 0 Å². The third-order valence-corrected chi connectivity index (χ3v) is 7.76. The van der Waals surface area contributed by atoms with E-state index in [1.54, 1.807) is 5.57 Å². The number of halogens is 1. The second kappa shape index (κ2) is 2.91. The molecule has 0 N–H and O–H groups in total. The van der Waals surface area contributed by atoms with Crippen molar-refractivity contribution >= 4 is 25.2 Å². The molecule has 0 aromatic heterocycles. The first-order valence-corrected chi connectivity index (χ1v) is 7.72. The van der Waals surface area contributed by atoms with Gasteiger partial charge in [0.1, 0.15) is 0 Å². The molecule has 0 nitrogen and oxygen atoms in total. The monoisotopic (exact) mass is 290 g/mol. The highest BCUT2D eigenvalue weighted by molar-refractivity contribution is 14.2. The van der Waals surface area contributed by atoms with Crippen molar-refractivity contribution in [2.75, 3.05) is 0 Å². The maximum absolute atomic E-state index is 4.28. The first-order valence-electron chi connectivity index (χ1n) is 5.12. The molecule has 0 amide bonds. The molecule has 0 saturated heterocycles. The average Bonchev–Trinajstić information content (AvgIpc) is 2.27. The predicted molar refractivity (Wildman–Crippen MR) is 68.8 cm³/mol. The maximum atomic E-state index is 4.28. The van der Waals surface area contributed by atoms with Crippen molar-refractivity contribution < 1.29 is 0 Å². The minimum Gasteiger partial charge on any atom is -0.123 e. The van der Waals surface area contributed by atoms with E-state index in [1.165, 1.54) is 19.3 Å². The highest BCUT2D eigenvalue weighted by Crippen LogP contribution is 2.61. The molecule has 1 heteroatoms. The molecule has 2 aliphatic carbocycles. The Kier molecular flexibility index (Phi) is 2.21. The summed E-state index contributed by atoms with van der Waals surface area (Å²) in [6, 6.07) is 0. The van der Waals surface area contributed by atoms with Crippen LogP contribution in [-0.2, 0) is 0 Å². The Morgan fingerprint density at radius 2 is 2.23 bits per heavy atom. The summed E-state index contributed by atoms with van der Waals surface area (Å²) in [7, 11) is 0. The third kappa shape index (κ3) is 1.19. The van der Waals surface area contributed by atoms with Crippen LogP contribution in [0.15, 0.2) is 11.6 Å². The van der Waals surface area contributed by atoms with E-state index in [1.807, 2.05) is 0 Å². The summed E-state index contributed by atoms with van der Waals surface area (Å²) in [5.74, 6) is 0.860. The van der Waals surface area contributed by atoms with Crippen LogP contribution in [0.25, 0.3) is 0 Å². The van der Waals surface area contributed by atoms with Gasteiger partial charge in [-0.3, -0.25) is 0 Å². The maximum Gasteiger partial charge on any atom is 0.0243 e. The molecule has 0 aromatic rings. The summed E-state index contributed by atoms with van der Waals surface area (Å²) in [5.41, 5.74) is 2.20. The molecule has 2 rings (SSSR count). The van der Waals surface area contributed by atoms with E-state index in [4.69, 9.17) is 0 Å². The standard InChI is InChI=1S/C12H19I/c1-9-11(2,3)10-6-5-7-12(9,8-10)13-4/h6,9H,4-5,7-8H2,1-3H3/t9-,12-/m1/s1. The third-order valence-electron chi connectivity index (χ3n) is 4.39. The van der Waals surface area contributed by atoms with Gasteiger partial charge in [0.25, 0.3) is 0 Å². The molecule has 0 unspecified atom stereocenters. The largest absolute Gasteiger partial charge is 0.123 e. The predicted octanol–water partition coefficient (Wildman–Crippen LogP) is 3.91. The molecule has 1 saturated carbocycles. The Morgan fingerprint density at radius 1 is 1.54 bits per heavy atom. The zero-order valence-corrected chi connectivity index (χ0v) is 11.0. The molecule has 2 aliphatic rings. The van der Waals surface area contributed by atoms with Gasteiger partial charge in [0.15, 0.2) is 0 Å². The lowest BCUT2D eigenvalue weighted by Gasteiger charge is -2.33. The molecule has 0 aromatic carbocycles. The fourth-order valence-corrected chi connectivity index (χ4v) is 5.79. The Balaban J connectivity index is 2.48. The zero-order chi connectivity index (χ0) is 9.69. The van der Waals surface area contributed by atoms with E-state index < -0.39 is 0 Å². The lowest BCUT2D eigenvalue weighted by atomic mass is 9.79. The van der Waals surface area contributed by atoms with Crippen molar-refractivity contribution in [2.24, 2.45) is 11.3 Å². The molecule has 74 valence electrons. The van der Waals surface area contributed by atoms with E-state index in [-0.39, 0.29) is 20.7 Å². The quantitative estimate of drug-likeness (QED) is 0.390. The van der Waals surface area contributed by atoms with Gasteiger partial charge in [-0.05, 0) is 30.6 Å². The Hall–Kier alpha value is 0.340. The van der Waals surface area contributed by atoms with Crippen LogP contribution >= 0.6 is 20.7 Å². The van der Waals surface area contributed by atoms with Crippen molar-refractivity contribution in [2.45, 2.75) is 43.5 Å². The van der Waals surface area contributed by atoms with E-state index in [9.17, 15) is 0 Å². The molecule has 0 heterocycles. The first-order chi connectivity index (χ1) is 6.03. The van der Waals surface area contributed by atoms with Crippen LogP contribution < -0.4 is 0 Å². The van der Waals surface area contributed by atoms with Crippen molar-refractivity contribution in [3.8, 4) is 0 Å². The van der Waals surface area contributed by atoms with Gasteiger partial charge in [0.2, 0.25) is 0 Å². The minimum absolute atomic E-state index is 0.151. The van der Waals surface area contributed by atoms with Crippen LogP contribution in [0.4, 0.5) is 0 Å². The molecule has 0 spiro atoms. The number of alkyl halides is 1. The topological polar surface area (TPSA) is 0 Å². The van der Waals surface area contributed by atoms with E-state index in [2.05, 4.69) is 31.4 Å². The average molecular weight is 290 g/mol. The highest BCUT2D eigenvalue weighted by Gasteiger charge is 2.52. The SMILES string of the molecule is C=I[C@]12CCC=C(C1)C(C)(C)[C@H]2C. The Morgan fingerprint density at radius 3 is 2.77 bits per heavy atom. The van der Waals surface area contributed by atoms with Gasteiger partial charge in [-0.15, -0.1) is 20.7 Å². The number of hydrogen-bond acceptors (Lipinski definition) is 0. The number of hydrogen-bond donors (Lipinski definition) is 0. The van der Waals surface area contributed by atoms with Crippen LogP contribution in [0.3, 0.4) is 0 Å². The molecule has 2 bridgehead atoms. The van der Waals surface area contributed by atoms with Crippen molar-refractivity contribution in [1.29, 1.82) is 0 Å². The molecule has 0 radical (unpaired) electrons. The van der Waals surface area contributed by atoms with Crippen LogP contribution in [0.2, 0.25) is 0 Å². The number of fused-ring (bicyclic) bond motifs is 2. The fourth-order valence-electron chi connectivity index (χ4n) is 2.98. The van der Waals surface area contributed by atoms with Crippen LogP contribution in [-0.4, -0.2) is 7.94 Å². The van der Waals surface area contributed by atoms with Gasteiger partial charge in [-0.2, -0.15) is 0 Å². The van der Waals surface area contributed by atoms with Crippen molar-refractivity contribution in [3.05, 3.63) is 11.6 Å².